The molecule has 17 heavy (non-hydrogen) atoms. The number of hydrogen-bond donors (Lipinski definition) is 1. The Morgan fingerprint density at radius 3 is 2.71 bits per heavy atom. The lowest BCUT2D eigenvalue weighted by Crippen LogP contribution is -2.01. The summed E-state index contributed by atoms with van der Waals surface area (Å²) < 4.78 is 14.2. The van der Waals surface area contributed by atoms with Gasteiger partial charge >= 0.3 is 0 Å². The molecule has 0 bridgehead atoms. The molecule has 2 aromatic carbocycles. The van der Waals surface area contributed by atoms with Gasteiger partial charge in [0.1, 0.15) is 5.82 Å². The normalized spacial score (nSPS) is 10.3. The molecule has 0 heterocycles. The standard InChI is InChI=1S/C13H10BrClFN/c14-10-4-5-13(12(16)7-10)17-8-9-2-1-3-11(15)6-9/h1-7,17H,8H2. The third-order valence-corrected chi connectivity index (χ3v) is 3.03. The highest BCUT2D eigenvalue weighted by Gasteiger charge is 2.02. The second kappa shape index (κ2) is 5.52. The van der Waals surface area contributed by atoms with Crippen LogP contribution < -0.4 is 5.32 Å². The minimum atomic E-state index is -0.276. The Balaban J connectivity index is 2.07. The largest absolute Gasteiger partial charge is 0.379 e. The Bertz CT molecular complexity index is 531. The Hall–Kier alpha value is -1.06. The quantitative estimate of drug-likeness (QED) is 0.853. The number of benzene rings is 2. The van der Waals surface area contributed by atoms with Crippen molar-refractivity contribution in [1.29, 1.82) is 0 Å². The molecule has 0 aliphatic carbocycles. The maximum Gasteiger partial charge on any atom is 0.147 e. The average molecular weight is 315 g/mol. The lowest BCUT2D eigenvalue weighted by molar-refractivity contribution is 0.629. The van der Waals surface area contributed by atoms with Crippen molar-refractivity contribution in [3.63, 3.8) is 0 Å². The van der Waals surface area contributed by atoms with Crippen LogP contribution in [0.15, 0.2) is 46.9 Å². The summed E-state index contributed by atoms with van der Waals surface area (Å²) >= 11 is 9.09. The molecule has 1 N–H and O–H groups in total. The number of anilines is 1. The Morgan fingerprint density at radius 1 is 1.18 bits per heavy atom. The topological polar surface area (TPSA) is 12.0 Å². The van der Waals surface area contributed by atoms with Gasteiger partial charge in [-0.25, -0.2) is 4.39 Å². The van der Waals surface area contributed by atoms with Gasteiger partial charge in [-0.05, 0) is 35.9 Å². The Kier molecular flexibility index (Phi) is 4.02. The first-order chi connectivity index (χ1) is 8.15. The fourth-order valence-corrected chi connectivity index (χ4v) is 2.02. The Morgan fingerprint density at radius 2 is 2.00 bits per heavy atom. The predicted molar refractivity (Wildman–Crippen MR) is 72.9 cm³/mol. The summed E-state index contributed by atoms with van der Waals surface area (Å²) in [5.74, 6) is -0.276. The van der Waals surface area contributed by atoms with Crippen LogP contribution >= 0.6 is 27.5 Å². The van der Waals surface area contributed by atoms with Crippen molar-refractivity contribution in [3.8, 4) is 0 Å². The van der Waals surface area contributed by atoms with E-state index >= 15 is 0 Å². The SMILES string of the molecule is Fc1cc(Br)ccc1NCc1cccc(Cl)c1. The highest BCUT2D eigenvalue weighted by atomic mass is 79.9. The average Bonchev–Trinajstić information content (AvgIpc) is 2.28. The van der Waals surface area contributed by atoms with Crippen LogP contribution in [0.3, 0.4) is 0 Å². The van der Waals surface area contributed by atoms with E-state index in [4.69, 9.17) is 11.6 Å². The maximum atomic E-state index is 13.5. The number of rotatable bonds is 3. The van der Waals surface area contributed by atoms with E-state index in [9.17, 15) is 4.39 Å². The van der Waals surface area contributed by atoms with Crippen molar-refractivity contribution < 1.29 is 4.39 Å². The van der Waals surface area contributed by atoms with Crippen molar-refractivity contribution in [3.05, 3.63) is 63.3 Å². The van der Waals surface area contributed by atoms with Crippen LogP contribution in [0.25, 0.3) is 0 Å². The first-order valence-corrected chi connectivity index (χ1v) is 6.25. The monoisotopic (exact) mass is 313 g/mol. The maximum absolute atomic E-state index is 13.5. The van der Waals surface area contributed by atoms with E-state index in [1.165, 1.54) is 6.07 Å². The zero-order valence-corrected chi connectivity index (χ0v) is 11.2. The molecular formula is C13H10BrClFN. The number of halogens is 3. The molecule has 2 aromatic rings. The van der Waals surface area contributed by atoms with Gasteiger partial charge < -0.3 is 5.32 Å². The third-order valence-electron chi connectivity index (χ3n) is 2.30. The van der Waals surface area contributed by atoms with Crippen LogP contribution in [-0.4, -0.2) is 0 Å². The molecule has 0 unspecified atom stereocenters. The fourth-order valence-electron chi connectivity index (χ4n) is 1.48. The van der Waals surface area contributed by atoms with Crippen molar-refractivity contribution in [1.82, 2.24) is 0 Å². The molecule has 88 valence electrons. The van der Waals surface area contributed by atoms with E-state index in [1.54, 1.807) is 12.1 Å². The second-order valence-electron chi connectivity index (χ2n) is 3.61. The molecule has 0 atom stereocenters. The molecule has 2 rings (SSSR count). The molecule has 4 heteroatoms. The Labute approximate surface area is 113 Å². The summed E-state index contributed by atoms with van der Waals surface area (Å²) in [7, 11) is 0. The van der Waals surface area contributed by atoms with E-state index in [1.807, 2.05) is 24.3 Å². The van der Waals surface area contributed by atoms with Crippen LogP contribution in [0.1, 0.15) is 5.56 Å². The van der Waals surface area contributed by atoms with Gasteiger partial charge in [-0.3, -0.25) is 0 Å². The molecule has 0 saturated carbocycles. The summed E-state index contributed by atoms with van der Waals surface area (Å²) in [5.41, 5.74) is 1.49. The first-order valence-electron chi connectivity index (χ1n) is 5.08. The van der Waals surface area contributed by atoms with Crippen LogP contribution in [0.2, 0.25) is 5.02 Å². The van der Waals surface area contributed by atoms with Gasteiger partial charge in [0.05, 0.1) is 5.69 Å². The fraction of sp³-hybridized carbons (Fsp3) is 0.0769. The van der Waals surface area contributed by atoms with E-state index in [0.29, 0.717) is 17.3 Å². The van der Waals surface area contributed by atoms with Crippen molar-refractivity contribution in [2.24, 2.45) is 0 Å². The summed E-state index contributed by atoms with van der Waals surface area (Å²) in [6, 6.07) is 12.4. The summed E-state index contributed by atoms with van der Waals surface area (Å²) in [4.78, 5) is 0. The van der Waals surface area contributed by atoms with E-state index in [-0.39, 0.29) is 5.82 Å². The van der Waals surface area contributed by atoms with Gasteiger partial charge in [-0.2, -0.15) is 0 Å². The predicted octanol–water partition coefficient (Wildman–Crippen LogP) is 4.85. The van der Waals surface area contributed by atoms with Gasteiger partial charge in [0.2, 0.25) is 0 Å². The lowest BCUT2D eigenvalue weighted by atomic mass is 10.2. The minimum absolute atomic E-state index is 0.276. The first kappa shape index (κ1) is 12.4. The van der Waals surface area contributed by atoms with E-state index < -0.39 is 0 Å². The molecular weight excluding hydrogens is 305 g/mol. The smallest absolute Gasteiger partial charge is 0.147 e. The second-order valence-corrected chi connectivity index (χ2v) is 4.96. The lowest BCUT2D eigenvalue weighted by Gasteiger charge is -2.08. The summed E-state index contributed by atoms with van der Waals surface area (Å²) in [5, 5.41) is 3.71. The molecule has 0 aliphatic rings. The number of hydrogen-bond acceptors (Lipinski definition) is 1. The van der Waals surface area contributed by atoms with Crippen LogP contribution in [-0.2, 0) is 6.54 Å². The van der Waals surface area contributed by atoms with Crippen LogP contribution in [0.5, 0.6) is 0 Å². The van der Waals surface area contributed by atoms with Gasteiger partial charge in [0, 0.05) is 16.0 Å². The zero-order valence-electron chi connectivity index (χ0n) is 8.88. The van der Waals surface area contributed by atoms with E-state index in [0.717, 1.165) is 10.0 Å². The minimum Gasteiger partial charge on any atom is -0.379 e. The summed E-state index contributed by atoms with van der Waals surface area (Å²) in [6.07, 6.45) is 0. The van der Waals surface area contributed by atoms with Gasteiger partial charge in [-0.15, -0.1) is 0 Å². The van der Waals surface area contributed by atoms with Gasteiger partial charge in [0.25, 0.3) is 0 Å². The molecule has 0 radical (unpaired) electrons. The molecule has 0 fully saturated rings. The molecule has 0 aromatic heterocycles. The summed E-state index contributed by atoms with van der Waals surface area (Å²) in [6.45, 7) is 0.541. The molecule has 0 spiro atoms. The van der Waals surface area contributed by atoms with Crippen LogP contribution in [0, 0.1) is 5.82 Å². The van der Waals surface area contributed by atoms with Crippen LogP contribution in [0.4, 0.5) is 10.1 Å². The zero-order chi connectivity index (χ0) is 12.3. The van der Waals surface area contributed by atoms with Crippen molar-refractivity contribution in [2.45, 2.75) is 6.54 Å². The third kappa shape index (κ3) is 3.45. The molecule has 1 nitrogen and oxygen atoms in total. The van der Waals surface area contributed by atoms with Gasteiger partial charge in [-0.1, -0.05) is 39.7 Å². The molecule has 0 aliphatic heterocycles. The highest BCUT2D eigenvalue weighted by molar-refractivity contribution is 9.10. The molecule has 0 saturated heterocycles. The van der Waals surface area contributed by atoms with Crippen molar-refractivity contribution >= 4 is 33.2 Å². The van der Waals surface area contributed by atoms with Crippen molar-refractivity contribution in [2.75, 3.05) is 5.32 Å². The van der Waals surface area contributed by atoms with E-state index in [2.05, 4.69) is 21.2 Å². The number of nitrogens with one attached hydrogen (secondary N) is 1. The highest BCUT2D eigenvalue weighted by Crippen LogP contribution is 2.20. The van der Waals surface area contributed by atoms with Gasteiger partial charge in [0.15, 0.2) is 0 Å². The molecule has 0 amide bonds.